The molecule has 0 radical (unpaired) electrons. The van der Waals surface area contributed by atoms with Crippen molar-refractivity contribution in [2.24, 2.45) is 0 Å². The predicted octanol–water partition coefficient (Wildman–Crippen LogP) is 1.69. The van der Waals surface area contributed by atoms with E-state index < -0.39 is 27.8 Å². The first-order chi connectivity index (χ1) is 9.22. The fourth-order valence-corrected chi connectivity index (χ4v) is 2.97. The zero-order valence-electron chi connectivity index (χ0n) is 9.72. The van der Waals surface area contributed by atoms with Crippen LogP contribution in [0.2, 0.25) is 0 Å². The number of ether oxygens (including phenoxy) is 1. The average Bonchev–Trinajstić information content (AvgIpc) is 2.95. The Kier molecular flexibility index (Phi) is 3.60. The highest BCUT2D eigenvalue weighted by atomic mass is 32.2. The molecule has 20 heavy (non-hydrogen) atoms. The van der Waals surface area contributed by atoms with Crippen molar-refractivity contribution in [3.8, 4) is 5.88 Å². The molecule has 0 unspecified atom stereocenters. The first-order valence-electron chi connectivity index (χ1n) is 4.88. The molecule has 0 aliphatic carbocycles. The molecule has 2 aromatic heterocycles. The molecule has 2 aromatic rings. The van der Waals surface area contributed by atoms with Gasteiger partial charge < -0.3 is 9.72 Å². The molecule has 0 saturated heterocycles. The number of aromatic nitrogens is 3. The Morgan fingerprint density at radius 3 is 2.65 bits per heavy atom. The lowest BCUT2D eigenvalue weighted by molar-refractivity contribution is -0.140. The van der Waals surface area contributed by atoms with Gasteiger partial charge in [-0.25, -0.2) is 18.1 Å². The summed E-state index contributed by atoms with van der Waals surface area (Å²) in [7, 11) is -2.76. The average molecular weight is 328 g/mol. The quantitative estimate of drug-likeness (QED) is 0.890. The van der Waals surface area contributed by atoms with E-state index >= 15 is 0 Å². The van der Waals surface area contributed by atoms with Gasteiger partial charge in [0.05, 0.1) is 13.3 Å². The summed E-state index contributed by atoms with van der Waals surface area (Å²) in [5.74, 6) is -0.449. The molecule has 12 heteroatoms. The smallest absolute Gasteiger partial charge is 0.432 e. The molecule has 7 nitrogen and oxygen atoms in total. The molecule has 2 heterocycles. The van der Waals surface area contributed by atoms with Gasteiger partial charge in [-0.3, -0.25) is 0 Å². The van der Waals surface area contributed by atoms with Crippen molar-refractivity contribution in [3.05, 3.63) is 18.0 Å². The predicted molar refractivity (Wildman–Crippen MR) is 63.1 cm³/mol. The molecule has 0 aliphatic heterocycles. The van der Waals surface area contributed by atoms with Gasteiger partial charge in [0.25, 0.3) is 10.0 Å². The summed E-state index contributed by atoms with van der Waals surface area (Å²) >= 11 is 0.623. The van der Waals surface area contributed by atoms with Crippen LogP contribution in [0.15, 0.2) is 16.5 Å². The van der Waals surface area contributed by atoms with Crippen LogP contribution in [0, 0.1) is 0 Å². The van der Waals surface area contributed by atoms with Gasteiger partial charge in [-0.05, 0) is 11.5 Å². The molecule has 0 bridgehead atoms. The topological polar surface area (TPSA) is 97.0 Å². The van der Waals surface area contributed by atoms with Gasteiger partial charge in [0.1, 0.15) is 5.69 Å². The number of anilines is 1. The highest BCUT2D eigenvalue weighted by Crippen LogP contribution is 2.29. The standard InChI is InChI=1S/C8H7F3N4O3S2/c1-18-5-2-6(19-14-5)20(16,17)15-7-12-3-4(13-7)8(9,10)11/h2-3H,1H3,(H2,12,13,15). The van der Waals surface area contributed by atoms with Crippen LogP contribution in [0.25, 0.3) is 0 Å². The van der Waals surface area contributed by atoms with Crippen LogP contribution in [-0.4, -0.2) is 29.9 Å². The first-order valence-corrected chi connectivity index (χ1v) is 7.14. The van der Waals surface area contributed by atoms with Crippen molar-refractivity contribution in [1.29, 1.82) is 0 Å². The van der Waals surface area contributed by atoms with Gasteiger partial charge in [-0.2, -0.15) is 17.5 Å². The number of nitrogens with one attached hydrogen (secondary N) is 2. The Morgan fingerprint density at radius 1 is 1.45 bits per heavy atom. The van der Waals surface area contributed by atoms with E-state index in [0.717, 1.165) is 6.07 Å². The van der Waals surface area contributed by atoms with Crippen molar-refractivity contribution in [1.82, 2.24) is 14.3 Å². The van der Waals surface area contributed by atoms with Crippen LogP contribution in [0.1, 0.15) is 5.69 Å². The molecule has 0 atom stereocenters. The summed E-state index contributed by atoms with van der Waals surface area (Å²) in [5.41, 5.74) is -1.16. The second kappa shape index (κ2) is 4.94. The van der Waals surface area contributed by atoms with Crippen LogP contribution in [-0.2, 0) is 16.2 Å². The fraction of sp³-hybridized carbons (Fsp3) is 0.250. The Hall–Kier alpha value is -1.82. The number of H-pyrrole nitrogens is 1. The van der Waals surface area contributed by atoms with E-state index in [1.165, 1.54) is 7.11 Å². The number of imidazole rings is 1. The van der Waals surface area contributed by atoms with E-state index in [0.29, 0.717) is 17.7 Å². The van der Waals surface area contributed by atoms with Gasteiger partial charge in [0.2, 0.25) is 11.8 Å². The van der Waals surface area contributed by atoms with Crippen molar-refractivity contribution >= 4 is 27.5 Å². The number of sulfonamides is 1. The second-order valence-electron chi connectivity index (χ2n) is 3.44. The number of halogens is 3. The number of aromatic amines is 1. The van der Waals surface area contributed by atoms with E-state index in [4.69, 9.17) is 4.74 Å². The summed E-state index contributed by atoms with van der Waals surface area (Å²) in [6, 6.07) is 1.14. The lowest BCUT2D eigenvalue weighted by Crippen LogP contribution is -2.13. The lowest BCUT2D eigenvalue weighted by Gasteiger charge is -2.03. The van der Waals surface area contributed by atoms with Gasteiger partial charge >= 0.3 is 6.18 Å². The summed E-state index contributed by atoms with van der Waals surface area (Å²) < 4.78 is 70.8. The Morgan fingerprint density at radius 2 is 2.15 bits per heavy atom. The van der Waals surface area contributed by atoms with Crippen molar-refractivity contribution in [3.63, 3.8) is 0 Å². The zero-order valence-corrected chi connectivity index (χ0v) is 11.4. The van der Waals surface area contributed by atoms with Crippen LogP contribution >= 0.6 is 11.5 Å². The number of hydrogen-bond acceptors (Lipinski definition) is 6. The number of methoxy groups -OCH3 is 1. The number of hydrogen-bond donors (Lipinski definition) is 2. The maximum atomic E-state index is 12.3. The van der Waals surface area contributed by atoms with E-state index in [1.54, 1.807) is 0 Å². The van der Waals surface area contributed by atoms with Crippen LogP contribution in [0.5, 0.6) is 5.88 Å². The zero-order chi connectivity index (χ0) is 15.0. The normalized spacial score (nSPS) is 12.4. The molecule has 0 aliphatic rings. The van der Waals surface area contributed by atoms with Gasteiger partial charge in [0.15, 0.2) is 4.21 Å². The lowest BCUT2D eigenvalue weighted by atomic mass is 10.5. The third-order valence-corrected chi connectivity index (χ3v) is 4.61. The summed E-state index contributed by atoms with van der Waals surface area (Å²) in [6.45, 7) is 0. The Labute approximate surface area is 115 Å². The number of alkyl halides is 3. The van der Waals surface area contributed by atoms with Crippen LogP contribution in [0.3, 0.4) is 0 Å². The monoisotopic (exact) mass is 328 g/mol. The third-order valence-electron chi connectivity index (χ3n) is 2.05. The van der Waals surface area contributed by atoms with Crippen molar-refractivity contribution in [2.45, 2.75) is 10.4 Å². The Balaban J connectivity index is 2.22. The summed E-state index contributed by atoms with van der Waals surface area (Å²) in [6.07, 6.45) is -4.14. The van der Waals surface area contributed by atoms with Crippen LogP contribution in [0.4, 0.5) is 19.1 Å². The van der Waals surface area contributed by atoms with E-state index in [2.05, 4.69) is 9.36 Å². The molecule has 2 N–H and O–H groups in total. The molecule has 0 fully saturated rings. The maximum Gasteiger partial charge on any atom is 0.432 e. The van der Waals surface area contributed by atoms with E-state index in [-0.39, 0.29) is 10.1 Å². The highest BCUT2D eigenvalue weighted by Gasteiger charge is 2.33. The van der Waals surface area contributed by atoms with Crippen molar-refractivity contribution < 1.29 is 26.3 Å². The molecular weight excluding hydrogens is 321 g/mol. The van der Waals surface area contributed by atoms with Crippen molar-refractivity contribution in [2.75, 3.05) is 11.8 Å². The molecule has 0 saturated carbocycles. The van der Waals surface area contributed by atoms with Gasteiger partial charge in [-0.15, -0.1) is 0 Å². The fourth-order valence-electron chi connectivity index (χ4n) is 1.16. The highest BCUT2D eigenvalue weighted by molar-refractivity contribution is 7.94. The molecule has 2 rings (SSSR count). The van der Waals surface area contributed by atoms with E-state index in [9.17, 15) is 21.6 Å². The molecule has 110 valence electrons. The van der Waals surface area contributed by atoms with Crippen LogP contribution < -0.4 is 9.46 Å². The maximum absolute atomic E-state index is 12.3. The first kappa shape index (κ1) is 14.6. The minimum absolute atomic E-state index is 0.0887. The molecule has 0 spiro atoms. The SMILES string of the molecule is COc1cc(S(=O)(=O)Nc2ncc(C(F)(F)F)[nH]2)sn1. The molecule has 0 aromatic carbocycles. The Bertz CT molecular complexity index is 707. The van der Waals surface area contributed by atoms with Gasteiger partial charge in [-0.1, -0.05) is 0 Å². The minimum Gasteiger partial charge on any atom is -0.480 e. The van der Waals surface area contributed by atoms with E-state index in [1.807, 2.05) is 9.71 Å². The minimum atomic E-state index is -4.63. The second-order valence-corrected chi connectivity index (χ2v) is 6.15. The molecular formula is C8H7F3N4O3S2. The number of nitrogens with zero attached hydrogens (tertiary/aromatic N) is 2. The van der Waals surface area contributed by atoms with Gasteiger partial charge in [0, 0.05) is 6.07 Å². The third kappa shape index (κ3) is 3.01. The summed E-state index contributed by atoms with van der Waals surface area (Å²) in [5, 5.41) is 0. The largest absolute Gasteiger partial charge is 0.480 e. The molecule has 0 amide bonds. The number of rotatable bonds is 4. The summed E-state index contributed by atoms with van der Waals surface area (Å²) in [4.78, 5) is 5.13.